The quantitative estimate of drug-likeness (QED) is 0.346. The second kappa shape index (κ2) is 9.09. The van der Waals surface area contributed by atoms with Crippen LogP contribution >= 0.6 is 9.03 Å². The Morgan fingerprint density at radius 3 is 1.73 bits per heavy atom. The minimum absolute atomic E-state index is 0. The zero-order valence-electron chi connectivity index (χ0n) is 9.46. The van der Waals surface area contributed by atoms with Crippen LogP contribution in [0.3, 0.4) is 0 Å². The topological polar surface area (TPSA) is 57.5 Å². The predicted molar refractivity (Wildman–Crippen MR) is 58.2 cm³/mol. The summed E-state index contributed by atoms with van der Waals surface area (Å²) in [6.07, 6.45) is 1.94. The van der Waals surface area contributed by atoms with Crippen LogP contribution in [-0.4, -0.2) is 16.1 Å². The molecule has 0 unspecified atom stereocenters. The molecule has 0 radical (unpaired) electrons. The third-order valence-electron chi connectivity index (χ3n) is 1.78. The van der Waals surface area contributed by atoms with Gasteiger partial charge in [0, 0.05) is 0 Å². The van der Waals surface area contributed by atoms with E-state index in [4.69, 9.17) is 9.79 Å². The zero-order valence-corrected chi connectivity index (χ0v) is 10.5. The van der Waals surface area contributed by atoms with Crippen LogP contribution in [-0.2, 0) is 4.79 Å². The normalized spacial score (nSPS) is 8.33. The maximum absolute atomic E-state index is 10.4. The Morgan fingerprint density at radius 1 is 1.13 bits per heavy atom. The molecule has 0 amide bonds. The Balaban J connectivity index is 0. The summed E-state index contributed by atoms with van der Waals surface area (Å²) in [5.74, 6) is 0. The van der Waals surface area contributed by atoms with Crippen molar-refractivity contribution in [2.24, 2.45) is 0 Å². The summed E-state index contributed by atoms with van der Waals surface area (Å²) in [7, 11) is -0.917. The van der Waals surface area contributed by atoms with Crippen molar-refractivity contribution in [2.75, 3.05) is 0 Å². The molecule has 0 heterocycles. The Labute approximate surface area is 104 Å². The number of carbonyl (C=O) groups excluding carboxylic acids is 1. The van der Waals surface area contributed by atoms with E-state index in [-0.39, 0.29) is 18.9 Å². The fraction of sp³-hybridized carbons (Fsp3) is 0.300. The van der Waals surface area contributed by atoms with Crippen LogP contribution in [0.4, 0.5) is 0 Å². The summed E-state index contributed by atoms with van der Waals surface area (Å²) in [5.41, 5.74) is 3.92. The molecule has 0 aliphatic carbocycles. The van der Waals surface area contributed by atoms with Gasteiger partial charge in [-0.3, -0.25) is 0 Å². The van der Waals surface area contributed by atoms with Crippen LogP contribution in [0, 0.1) is 20.8 Å². The molecule has 0 aliphatic rings. The van der Waals surface area contributed by atoms with Gasteiger partial charge in [0.1, 0.15) is 9.03 Å². The van der Waals surface area contributed by atoms with E-state index in [1.807, 2.05) is 39.2 Å². The minimum atomic E-state index is -0.917. The van der Waals surface area contributed by atoms with Gasteiger partial charge in [-0.05, 0) is 6.92 Å². The molecule has 0 saturated heterocycles. The standard InChI is InChI=1S/C10H11O.Li.H3O2P/c1-7-4-8(2)10(6-11)9(3)5-7;;1-3-2/h4-5H,1-3H3;;1-3H/q-1;+1;. The van der Waals surface area contributed by atoms with Crippen LogP contribution in [0.25, 0.3) is 0 Å². The van der Waals surface area contributed by atoms with E-state index < -0.39 is 9.03 Å². The van der Waals surface area contributed by atoms with Crippen LogP contribution in [0.15, 0.2) is 12.1 Å². The monoisotopic (exact) mass is 220 g/mol. The largest absolute Gasteiger partial charge is 1.00 e. The number of aryl methyl sites for hydroxylation is 3. The summed E-state index contributed by atoms with van der Waals surface area (Å²) in [6.45, 7) is 5.88. The SMILES string of the molecule is Cc1cc(C)c([C-]=O)c(C)c1.OPO.[Li+]. The Kier molecular flexibility index (Phi) is 10.4. The fourth-order valence-corrected chi connectivity index (χ4v) is 1.34. The van der Waals surface area contributed by atoms with Crippen LogP contribution in [0.2, 0.25) is 0 Å². The average Bonchev–Trinajstić information content (AvgIpc) is 2.04. The minimum Gasteiger partial charge on any atom is -0.376 e. The van der Waals surface area contributed by atoms with Crippen molar-refractivity contribution in [3.05, 3.63) is 34.4 Å². The summed E-state index contributed by atoms with van der Waals surface area (Å²) in [5, 5.41) is 0. The second-order valence-electron chi connectivity index (χ2n) is 2.98. The van der Waals surface area contributed by atoms with Crippen molar-refractivity contribution in [1.82, 2.24) is 0 Å². The summed E-state index contributed by atoms with van der Waals surface area (Å²) < 4.78 is 0. The molecule has 0 bridgehead atoms. The average molecular weight is 220 g/mol. The molecular formula is C10H14LiO3P. The smallest absolute Gasteiger partial charge is 0.376 e. The van der Waals surface area contributed by atoms with Gasteiger partial charge >= 0.3 is 18.9 Å². The molecule has 0 spiro atoms. The van der Waals surface area contributed by atoms with Crippen LogP contribution in [0.1, 0.15) is 22.3 Å². The van der Waals surface area contributed by atoms with Gasteiger partial charge in [-0.1, -0.05) is 19.4 Å². The van der Waals surface area contributed by atoms with Gasteiger partial charge in [0.15, 0.2) is 0 Å². The Bertz CT molecular complexity index is 293. The molecule has 0 saturated carbocycles. The maximum Gasteiger partial charge on any atom is 1.00 e. The summed E-state index contributed by atoms with van der Waals surface area (Å²) in [4.78, 5) is 24.7. The molecule has 3 nitrogen and oxygen atoms in total. The maximum atomic E-state index is 10.4. The molecular weight excluding hydrogens is 206 g/mol. The molecule has 1 aromatic carbocycles. The van der Waals surface area contributed by atoms with Crippen molar-refractivity contribution in [2.45, 2.75) is 20.8 Å². The first-order valence-electron chi connectivity index (χ1n) is 4.06. The molecule has 5 heteroatoms. The van der Waals surface area contributed by atoms with Crippen molar-refractivity contribution < 1.29 is 33.4 Å². The molecule has 1 aromatic rings. The second-order valence-corrected chi connectivity index (χ2v) is 3.18. The van der Waals surface area contributed by atoms with Gasteiger partial charge in [0.2, 0.25) is 0 Å². The van der Waals surface area contributed by atoms with Gasteiger partial charge < -0.3 is 14.6 Å². The van der Waals surface area contributed by atoms with E-state index in [1.54, 1.807) is 0 Å². The molecule has 1 rings (SSSR count). The number of hydrogen-bond acceptors (Lipinski definition) is 3. The van der Waals surface area contributed by atoms with Gasteiger partial charge in [-0.15, -0.1) is 28.8 Å². The Morgan fingerprint density at radius 2 is 1.47 bits per heavy atom. The van der Waals surface area contributed by atoms with Gasteiger partial charge in [-0.25, -0.2) is 0 Å². The molecule has 0 aliphatic heterocycles. The number of benzene rings is 1. The zero-order chi connectivity index (χ0) is 11.1. The molecule has 2 N–H and O–H groups in total. The third-order valence-corrected chi connectivity index (χ3v) is 1.78. The van der Waals surface area contributed by atoms with E-state index in [9.17, 15) is 4.79 Å². The third kappa shape index (κ3) is 6.09. The number of rotatable bonds is 1. The first kappa shape index (κ1) is 17.2. The van der Waals surface area contributed by atoms with Crippen LogP contribution in [0.5, 0.6) is 0 Å². The van der Waals surface area contributed by atoms with Crippen molar-refractivity contribution in [1.29, 1.82) is 0 Å². The van der Waals surface area contributed by atoms with E-state index in [0.29, 0.717) is 5.56 Å². The predicted octanol–water partition coefficient (Wildman–Crippen LogP) is -1.45. The van der Waals surface area contributed by atoms with Crippen LogP contribution < -0.4 is 18.9 Å². The number of hydrogen-bond donors (Lipinski definition) is 2. The van der Waals surface area contributed by atoms with Gasteiger partial charge in [-0.2, -0.15) is 0 Å². The first-order chi connectivity index (χ1) is 6.56. The summed E-state index contributed by atoms with van der Waals surface area (Å²) >= 11 is 0. The van der Waals surface area contributed by atoms with Crippen molar-refractivity contribution >= 4 is 15.3 Å². The molecule has 0 aromatic heterocycles. The molecule has 78 valence electrons. The molecule has 15 heavy (non-hydrogen) atoms. The Hall–Kier alpha value is -0.163. The van der Waals surface area contributed by atoms with E-state index in [2.05, 4.69) is 0 Å². The van der Waals surface area contributed by atoms with E-state index in [1.165, 1.54) is 5.56 Å². The van der Waals surface area contributed by atoms with Crippen molar-refractivity contribution in [3.8, 4) is 0 Å². The van der Waals surface area contributed by atoms with E-state index in [0.717, 1.165) is 11.1 Å². The fourth-order valence-electron chi connectivity index (χ4n) is 1.34. The van der Waals surface area contributed by atoms with Gasteiger partial charge in [0.25, 0.3) is 0 Å². The first-order valence-corrected chi connectivity index (χ1v) is 4.95. The van der Waals surface area contributed by atoms with Crippen molar-refractivity contribution in [3.63, 3.8) is 0 Å². The molecule has 0 fully saturated rings. The van der Waals surface area contributed by atoms with Gasteiger partial charge in [0.05, 0.1) is 6.29 Å². The van der Waals surface area contributed by atoms with E-state index >= 15 is 0 Å². The molecule has 0 atom stereocenters. The summed E-state index contributed by atoms with van der Waals surface area (Å²) in [6, 6.07) is 3.99.